The number of carbonyl (C=O) groups is 1. The van der Waals surface area contributed by atoms with Crippen LogP contribution in [0.15, 0.2) is 18.2 Å². The van der Waals surface area contributed by atoms with E-state index in [4.69, 9.17) is 21.1 Å². The first-order valence-electron chi connectivity index (χ1n) is 6.21. The molecule has 4 nitrogen and oxygen atoms in total. The van der Waals surface area contributed by atoms with Crippen LogP contribution >= 0.6 is 11.6 Å². The summed E-state index contributed by atoms with van der Waals surface area (Å²) < 4.78 is 10.2. The summed E-state index contributed by atoms with van der Waals surface area (Å²) in [5.41, 5.74) is 1.37. The Kier molecular flexibility index (Phi) is 7.48. The molecule has 0 amide bonds. The van der Waals surface area contributed by atoms with Crippen molar-refractivity contribution in [2.24, 2.45) is 0 Å². The van der Waals surface area contributed by atoms with Gasteiger partial charge in [0.05, 0.1) is 17.3 Å². The largest absolute Gasteiger partial charge is 0.385 e. The monoisotopic (exact) mass is 285 g/mol. The molecular formula is C14H20ClNO3. The molecule has 0 aliphatic heterocycles. The second-order valence-electron chi connectivity index (χ2n) is 4.12. The van der Waals surface area contributed by atoms with Crippen molar-refractivity contribution in [1.82, 2.24) is 0 Å². The molecule has 1 rings (SSSR count). The fraction of sp³-hybridized carbons (Fsp3) is 0.500. The molecule has 1 aromatic rings. The van der Waals surface area contributed by atoms with Gasteiger partial charge in [-0.2, -0.15) is 0 Å². The summed E-state index contributed by atoms with van der Waals surface area (Å²) in [7, 11) is 3.33. The van der Waals surface area contributed by atoms with Crippen LogP contribution in [0.1, 0.15) is 16.8 Å². The van der Waals surface area contributed by atoms with E-state index in [1.165, 1.54) is 0 Å². The molecule has 0 N–H and O–H groups in total. The Morgan fingerprint density at radius 3 is 2.58 bits per heavy atom. The maximum absolute atomic E-state index is 11.1. The number of aldehydes is 1. The number of halogens is 1. The van der Waals surface area contributed by atoms with Crippen molar-refractivity contribution < 1.29 is 14.3 Å². The van der Waals surface area contributed by atoms with Crippen LogP contribution in [0.3, 0.4) is 0 Å². The van der Waals surface area contributed by atoms with Crippen molar-refractivity contribution in [3.05, 3.63) is 28.8 Å². The molecule has 0 aromatic heterocycles. The Hall–Kier alpha value is -1.10. The number of hydrogen-bond acceptors (Lipinski definition) is 4. The summed E-state index contributed by atoms with van der Waals surface area (Å²) in [6.07, 6.45) is 1.70. The van der Waals surface area contributed by atoms with Crippen molar-refractivity contribution in [2.75, 3.05) is 45.4 Å². The zero-order chi connectivity index (χ0) is 14.1. The van der Waals surface area contributed by atoms with Crippen LogP contribution in [0.2, 0.25) is 5.02 Å². The molecule has 0 bridgehead atoms. The van der Waals surface area contributed by atoms with Crippen LogP contribution in [0, 0.1) is 0 Å². The zero-order valence-corrected chi connectivity index (χ0v) is 12.2. The molecule has 106 valence electrons. The number of benzene rings is 1. The lowest BCUT2D eigenvalue weighted by atomic mass is 10.1. The average molecular weight is 286 g/mol. The predicted molar refractivity (Wildman–Crippen MR) is 77.4 cm³/mol. The Labute approximate surface area is 119 Å². The highest BCUT2D eigenvalue weighted by Crippen LogP contribution is 2.29. The minimum atomic E-state index is 0.580. The fourth-order valence-corrected chi connectivity index (χ4v) is 2.20. The lowest BCUT2D eigenvalue weighted by Gasteiger charge is -2.26. The maximum Gasteiger partial charge on any atom is 0.152 e. The Bertz CT molecular complexity index is 398. The standard InChI is InChI=1S/C14H20ClNO3/c1-18-9-4-7-16(8-10-19-2)14-12(11-17)5-3-6-13(14)15/h3,5-6,11H,4,7-10H2,1-2H3. The highest BCUT2D eigenvalue weighted by Gasteiger charge is 2.14. The first kappa shape index (κ1) is 16.0. The molecule has 0 radical (unpaired) electrons. The number of para-hydroxylation sites is 1. The minimum absolute atomic E-state index is 0.580. The van der Waals surface area contributed by atoms with E-state index in [0.717, 1.165) is 24.9 Å². The van der Waals surface area contributed by atoms with Crippen LogP contribution < -0.4 is 4.90 Å². The second kappa shape index (κ2) is 8.91. The smallest absolute Gasteiger partial charge is 0.152 e. The summed E-state index contributed by atoms with van der Waals surface area (Å²) in [6.45, 7) is 2.70. The number of anilines is 1. The molecule has 0 atom stereocenters. The molecule has 0 unspecified atom stereocenters. The van der Waals surface area contributed by atoms with Gasteiger partial charge in [-0.3, -0.25) is 4.79 Å². The SMILES string of the molecule is COCCCN(CCOC)c1c(Cl)cccc1C=O. The molecule has 0 saturated heterocycles. The minimum Gasteiger partial charge on any atom is -0.385 e. The highest BCUT2D eigenvalue weighted by atomic mass is 35.5. The van der Waals surface area contributed by atoms with Crippen molar-refractivity contribution in [2.45, 2.75) is 6.42 Å². The van der Waals surface area contributed by atoms with Gasteiger partial charge in [0.1, 0.15) is 0 Å². The molecule has 1 aromatic carbocycles. The van der Waals surface area contributed by atoms with Gasteiger partial charge in [-0.25, -0.2) is 0 Å². The molecule has 0 saturated carbocycles. The third kappa shape index (κ3) is 4.82. The van der Waals surface area contributed by atoms with E-state index in [9.17, 15) is 4.79 Å². The van der Waals surface area contributed by atoms with Crippen molar-refractivity contribution in [3.8, 4) is 0 Å². The van der Waals surface area contributed by atoms with Crippen LogP contribution in [0.4, 0.5) is 5.69 Å². The van der Waals surface area contributed by atoms with Gasteiger partial charge in [-0.15, -0.1) is 0 Å². The van der Waals surface area contributed by atoms with E-state index in [1.54, 1.807) is 32.4 Å². The number of carbonyl (C=O) groups excluding carboxylic acids is 1. The number of hydrogen-bond donors (Lipinski definition) is 0. The van der Waals surface area contributed by atoms with Gasteiger partial charge in [-0.05, 0) is 18.6 Å². The number of methoxy groups -OCH3 is 2. The Balaban J connectivity index is 2.91. The molecule has 5 heteroatoms. The van der Waals surface area contributed by atoms with E-state index in [1.807, 2.05) is 0 Å². The third-order valence-corrected chi connectivity index (χ3v) is 3.11. The molecule has 0 heterocycles. The topological polar surface area (TPSA) is 38.8 Å². The normalized spacial score (nSPS) is 10.5. The molecule has 0 spiro atoms. The number of nitrogens with zero attached hydrogens (tertiary/aromatic N) is 1. The number of rotatable bonds is 9. The van der Waals surface area contributed by atoms with Crippen molar-refractivity contribution in [1.29, 1.82) is 0 Å². The second-order valence-corrected chi connectivity index (χ2v) is 4.53. The van der Waals surface area contributed by atoms with Gasteiger partial charge in [0.2, 0.25) is 0 Å². The quantitative estimate of drug-likeness (QED) is 0.516. The molecule has 19 heavy (non-hydrogen) atoms. The van der Waals surface area contributed by atoms with Gasteiger partial charge < -0.3 is 14.4 Å². The van der Waals surface area contributed by atoms with Crippen LogP contribution in [-0.2, 0) is 9.47 Å². The highest BCUT2D eigenvalue weighted by molar-refractivity contribution is 6.33. The summed E-state index contributed by atoms with van der Waals surface area (Å²) in [5.74, 6) is 0. The lowest BCUT2D eigenvalue weighted by Crippen LogP contribution is -2.30. The zero-order valence-electron chi connectivity index (χ0n) is 11.4. The van der Waals surface area contributed by atoms with Gasteiger partial charge >= 0.3 is 0 Å². The molecule has 0 aliphatic rings. The van der Waals surface area contributed by atoms with Crippen molar-refractivity contribution >= 4 is 23.6 Å². The Morgan fingerprint density at radius 1 is 1.21 bits per heavy atom. The first-order chi connectivity index (χ1) is 9.24. The van der Waals surface area contributed by atoms with Crippen molar-refractivity contribution in [3.63, 3.8) is 0 Å². The third-order valence-electron chi connectivity index (χ3n) is 2.80. The van der Waals surface area contributed by atoms with E-state index >= 15 is 0 Å². The summed E-state index contributed by atoms with van der Waals surface area (Å²) in [6, 6.07) is 5.34. The van der Waals surface area contributed by atoms with Gasteiger partial charge in [0.25, 0.3) is 0 Å². The summed E-state index contributed by atoms with van der Waals surface area (Å²) >= 11 is 6.22. The van der Waals surface area contributed by atoms with Gasteiger partial charge in [-0.1, -0.05) is 17.7 Å². The number of ether oxygens (including phenoxy) is 2. The van der Waals surface area contributed by atoms with E-state index in [2.05, 4.69) is 4.90 Å². The fourth-order valence-electron chi connectivity index (χ4n) is 1.90. The maximum atomic E-state index is 11.1. The van der Waals surface area contributed by atoms with Crippen LogP contribution in [0.25, 0.3) is 0 Å². The van der Waals surface area contributed by atoms with Crippen LogP contribution in [-0.4, -0.2) is 46.8 Å². The lowest BCUT2D eigenvalue weighted by molar-refractivity contribution is 0.112. The Morgan fingerprint density at radius 2 is 1.95 bits per heavy atom. The molecular weight excluding hydrogens is 266 g/mol. The van der Waals surface area contributed by atoms with Gasteiger partial charge in [0.15, 0.2) is 6.29 Å². The van der Waals surface area contributed by atoms with E-state index in [-0.39, 0.29) is 0 Å². The average Bonchev–Trinajstić information content (AvgIpc) is 2.43. The first-order valence-corrected chi connectivity index (χ1v) is 6.59. The van der Waals surface area contributed by atoms with Crippen LogP contribution in [0.5, 0.6) is 0 Å². The molecule has 0 fully saturated rings. The van der Waals surface area contributed by atoms with Gasteiger partial charge in [0, 0.05) is 39.5 Å². The summed E-state index contributed by atoms with van der Waals surface area (Å²) in [4.78, 5) is 13.2. The van der Waals surface area contributed by atoms with E-state index < -0.39 is 0 Å². The van der Waals surface area contributed by atoms with E-state index in [0.29, 0.717) is 30.3 Å². The predicted octanol–water partition coefficient (Wildman–Crippen LogP) is 2.64. The summed E-state index contributed by atoms with van der Waals surface area (Å²) in [5, 5.41) is 0.582. The molecule has 0 aliphatic carbocycles.